The maximum Gasteiger partial charge on any atom is 0.266 e. The average molecular weight is 246 g/mol. The third-order valence-electron chi connectivity index (χ3n) is 2.95. The van der Waals surface area contributed by atoms with Gasteiger partial charge in [-0.25, -0.2) is 0 Å². The fraction of sp³-hybridized carbons (Fsp3) is 0.385. The summed E-state index contributed by atoms with van der Waals surface area (Å²) in [7, 11) is 0. The van der Waals surface area contributed by atoms with Crippen molar-refractivity contribution in [2.24, 2.45) is 0 Å². The van der Waals surface area contributed by atoms with Crippen molar-refractivity contribution in [3.63, 3.8) is 0 Å². The number of hydrogen-bond acceptors (Lipinski definition) is 5. The van der Waals surface area contributed by atoms with Crippen LogP contribution in [0.3, 0.4) is 0 Å². The summed E-state index contributed by atoms with van der Waals surface area (Å²) in [5.74, 6) is 1.14. The Morgan fingerprint density at radius 3 is 2.67 bits per heavy atom. The van der Waals surface area contributed by atoms with Crippen molar-refractivity contribution in [3.05, 3.63) is 23.8 Å². The summed E-state index contributed by atoms with van der Waals surface area (Å²) in [6.07, 6.45) is 0. The smallest absolute Gasteiger partial charge is 0.266 e. The minimum atomic E-state index is 0.515. The Bertz CT molecular complexity index is 532. The highest BCUT2D eigenvalue weighted by atomic mass is 16.5. The minimum Gasteiger partial charge on any atom is -0.399 e. The Morgan fingerprint density at radius 1 is 1.28 bits per heavy atom. The molecule has 0 amide bonds. The molecule has 0 unspecified atom stereocenters. The molecule has 0 saturated carbocycles. The molecule has 0 saturated heterocycles. The van der Waals surface area contributed by atoms with Crippen LogP contribution in [0.5, 0.6) is 0 Å². The van der Waals surface area contributed by atoms with Crippen LogP contribution in [-0.2, 0) is 0 Å². The fourth-order valence-corrected chi connectivity index (χ4v) is 1.83. The Labute approximate surface area is 107 Å². The van der Waals surface area contributed by atoms with Gasteiger partial charge < -0.3 is 15.2 Å². The molecule has 1 aromatic heterocycles. The van der Waals surface area contributed by atoms with E-state index >= 15 is 0 Å². The number of nitrogens with two attached hydrogens (primary N) is 1. The van der Waals surface area contributed by atoms with Crippen LogP contribution in [-0.4, -0.2) is 23.2 Å². The van der Waals surface area contributed by atoms with Crippen LogP contribution in [0, 0.1) is 6.92 Å². The van der Waals surface area contributed by atoms with Crippen LogP contribution in [0.1, 0.15) is 19.4 Å². The van der Waals surface area contributed by atoms with Crippen LogP contribution in [0.2, 0.25) is 0 Å². The quantitative estimate of drug-likeness (QED) is 0.839. The number of aromatic nitrogens is 2. The first-order chi connectivity index (χ1) is 8.65. The zero-order chi connectivity index (χ0) is 13.1. The van der Waals surface area contributed by atoms with Gasteiger partial charge in [-0.3, -0.25) is 0 Å². The predicted octanol–water partition coefficient (Wildman–Crippen LogP) is 2.47. The minimum absolute atomic E-state index is 0.515. The highest BCUT2D eigenvalue weighted by molar-refractivity contribution is 5.64. The van der Waals surface area contributed by atoms with Crippen molar-refractivity contribution in [1.82, 2.24) is 10.1 Å². The Hall–Kier alpha value is -2.04. The molecule has 2 rings (SSSR count). The number of nitrogens with zero attached hydrogens (tertiary/aromatic N) is 3. The lowest BCUT2D eigenvalue weighted by molar-refractivity contribution is 0.429. The van der Waals surface area contributed by atoms with Gasteiger partial charge in [-0.05, 0) is 43.6 Å². The number of anilines is 2. The van der Waals surface area contributed by atoms with Gasteiger partial charge in [0, 0.05) is 24.3 Å². The van der Waals surface area contributed by atoms with Gasteiger partial charge >= 0.3 is 0 Å². The molecule has 0 spiro atoms. The molecule has 0 radical (unpaired) electrons. The SMILES string of the molecule is CCN(CC)c1noc(-c2cc(N)ccc2C)n1. The number of nitrogen functional groups attached to an aromatic ring is 1. The summed E-state index contributed by atoms with van der Waals surface area (Å²) < 4.78 is 5.31. The summed E-state index contributed by atoms with van der Waals surface area (Å²) in [5.41, 5.74) is 8.43. The van der Waals surface area contributed by atoms with Gasteiger partial charge in [-0.15, -0.1) is 0 Å². The van der Waals surface area contributed by atoms with E-state index in [-0.39, 0.29) is 0 Å². The largest absolute Gasteiger partial charge is 0.399 e. The van der Waals surface area contributed by atoms with Crippen molar-refractivity contribution in [1.29, 1.82) is 0 Å². The van der Waals surface area contributed by atoms with Gasteiger partial charge in [0.2, 0.25) is 0 Å². The topological polar surface area (TPSA) is 68.2 Å². The number of benzene rings is 1. The summed E-state index contributed by atoms with van der Waals surface area (Å²) in [6, 6.07) is 5.67. The van der Waals surface area contributed by atoms with Crippen LogP contribution >= 0.6 is 0 Å². The van der Waals surface area contributed by atoms with Crippen molar-refractivity contribution >= 4 is 11.6 Å². The van der Waals surface area contributed by atoms with E-state index in [2.05, 4.69) is 24.0 Å². The highest BCUT2D eigenvalue weighted by Gasteiger charge is 2.14. The molecule has 0 atom stereocenters. The van der Waals surface area contributed by atoms with E-state index in [4.69, 9.17) is 10.3 Å². The van der Waals surface area contributed by atoms with Crippen LogP contribution < -0.4 is 10.6 Å². The molecule has 0 fully saturated rings. The Kier molecular flexibility index (Phi) is 3.50. The van der Waals surface area contributed by atoms with Gasteiger partial charge in [0.1, 0.15) is 0 Å². The third kappa shape index (κ3) is 2.30. The van der Waals surface area contributed by atoms with Crippen LogP contribution in [0.25, 0.3) is 11.5 Å². The molecule has 5 nitrogen and oxygen atoms in total. The molecule has 0 aliphatic rings. The molecule has 18 heavy (non-hydrogen) atoms. The lowest BCUT2D eigenvalue weighted by atomic mass is 10.1. The van der Waals surface area contributed by atoms with Crippen molar-refractivity contribution in [2.45, 2.75) is 20.8 Å². The van der Waals surface area contributed by atoms with Gasteiger partial charge in [0.05, 0.1) is 0 Å². The number of aryl methyl sites for hydroxylation is 1. The average Bonchev–Trinajstić information content (AvgIpc) is 2.83. The van der Waals surface area contributed by atoms with Crippen molar-refractivity contribution in [3.8, 4) is 11.5 Å². The number of hydrogen-bond donors (Lipinski definition) is 1. The van der Waals surface area contributed by atoms with Gasteiger partial charge in [-0.2, -0.15) is 4.98 Å². The van der Waals surface area contributed by atoms with E-state index in [1.54, 1.807) is 0 Å². The molecule has 2 N–H and O–H groups in total. The normalized spacial score (nSPS) is 10.6. The zero-order valence-electron chi connectivity index (χ0n) is 11.0. The predicted molar refractivity (Wildman–Crippen MR) is 72.4 cm³/mol. The summed E-state index contributed by atoms with van der Waals surface area (Å²) in [6.45, 7) is 7.82. The Morgan fingerprint density at radius 2 is 2.00 bits per heavy atom. The molecule has 0 aliphatic heterocycles. The molecule has 0 aliphatic carbocycles. The van der Waals surface area contributed by atoms with Crippen LogP contribution in [0.4, 0.5) is 11.6 Å². The first-order valence-electron chi connectivity index (χ1n) is 6.10. The first kappa shape index (κ1) is 12.4. The van der Waals surface area contributed by atoms with E-state index in [9.17, 15) is 0 Å². The monoisotopic (exact) mass is 246 g/mol. The lowest BCUT2D eigenvalue weighted by Crippen LogP contribution is -2.22. The van der Waals surface area contributed by atoms with Crippen LogP contribution in [0.15, 0.2) is 22.7 Å². The summed E-state index contributed by atoms with van der Waals surface area (Å²) in [5, 5.41) is 4.00. The molecule has 2 aromatic rings. The Balaban J connectivity index is 2.37. The van der Waals surface area contributed by atoms with Gasteiger partial charge in [0.15, 0.2) is 0 Å². The van der Waals surface area contributed by atoms with Gasteiger partial charge in [-0.1, -0.05) is 6.07 Å². The van der Waals surface area contributed by atoms with E-state index < -0.39 is 0 Å². The van der Waals surface area contributed by atoms with E-state index in [0.29, 0.717) is 17.5 Å². The van der Waals surface area contributed by atoms with E-state index in [1.807, 2.05) is 30.0 Å². The molecule has 1 heterocycles. The van der Waals surface area contributed by atoms with E-state index in [0.717, 1.165) is 24.2 Å². The molecule has 0 bridgehead atoms. The van der Waals surface area contributed by atoms with E-state index in [1.165, 1.54) is 0 Å². The number of rotatable bonds is 4. The second kappa shape index (κ2) is 5.08. The summed E-state index contributed by atoms with van der Waals surface area (Å²) >= 11 is 0. The fourth-order valence-electron chi connectivity index (χ4n) is 1.83. The maximum absolute atomic E-state index is 5.78. The molecule has 1 aromatic carbocycles. The molecular weight excluding hydrogens is 228 g/mol. The summed E-state index contributed by atoms with van der Waals surface area (Å²) in [4.78, 5) is 6.45. The second-order valence-corrected chi connectivity index (χ2v) is 4.15. The zero-order valence-corrected chi connectivity index (χ0v) is 11.0. The highest BCUT2D eigenvalue weighted by Crippen LogP contribution is 2.25. The van der Waals surface area contributed by atoms with Crippen molar-refractivity contribution in [2.75, 3.05) is 23.7 Å². The first-order valence-corrected chi connectivity index (χ1v) is 6.10. The van der Waals surface area contributed by atoms with Gasteiger partial charge in [0.25, 0.3) is 11.8 Å². The molecule has 96 valence electrons. The molecule has 5 heteroatoms. The standard InChI is InChI=1S/C13H18N4O/c1-4-17(5-2)13-15-12(18-16-13)11-8-10(14)7-6-9(11)3/h6-8H,4-5,14H2,1-3H3. The third-order valence-corrected chi connectivity index (χ3v) is 2.95. The maximum atomic E-state index is 5.78. The molecular formula is C13H18N4O. The van der Waals surface area contributed by atoms with Crippen molar-refractivity contribution < 1.29 is 4.52 Å². The second-order valence-electron chi connectivity index (χ2n) is 4.15. The lowest BCUT2D eigenvalue weighted by Gasteiger charge is -2.14.